The van der Waals surface area contributed by atoms with Crippen LogP contribution in [0.25, 0.3) is 44.2 Å². The Kier molecular flexibility index (Phi) is 8.55. The Balaban J connectivity index is 1.22. The second kappa shape index (κ2) is 14.3. The van der Waals surface area contributed by atoms with Gasteiger partial charge in [0.15, 0.2) is 8.07 Å². The highest BCUT2D eigenvalue weighted by Gasteiger charge is 2.55. The molecule has 10 aromatic rings. The van der Waals surface area contributed by atoms with Crippen molar-refractivity contribution in [3.05, 3.63) is 211 Å². The highest BCUT2D eigenvalue weighted by molar-refractivity contribution is 7.22. The number of furan rings is 1. The van der Waals surface area contributed by atoms with Gasteiger partial charge in [-0.1, -0.05) is 205 Å². The molecule has 1 aromatic heterocycles. The van der Waals surface area contributed by atoms with Gasteiger partial charge in [-0.15, -0.1) is 0 Å². The molecule has 13 rings (SSSR count). The highest BCUT2D eigenvalue weighted by atomic mass is 28.3. The molecule has 0 radical (unpaired) electrons. The van der Waals surface area contributed by atoms with Crippen molar-refractivity contribution in [2.45, 2.75) is 52.4 Å². The van der Waals surface area contributed by atoms with Crippen molar-refractivity contribution in [2.24, 2.45) is 0 Å². The molecule has 0 N–H and O–H groups in total. The number of rotatable bonds is 4. The summed E-state index contributed by atoms with van der Waals surface area (Å²) in [5.41, 5.74) is 18.0. The Bertz CT molecular complexity index is 3580. The monoisotopic (exact) mass is 878 g/mol. The molecule has 0 saturated heterocycles. The average molecular weight is 879 g/mol. The minimum atomic E-state index is -2.90. The van der Waals surface area contributed by atoms with E-state index in [1.165, 1.54) is 87.8 Å². The highest BCUT2D eigenvalue weighted by Crippen LogP contribution is 2.53. The second-order valence-electron chi connectivity index (χ2n) is 20.8. The molecule has 4 heterocycles. The van der Waals surface area contributed by atoms with E-state index in [0.29, 0.717) is 0 Å². The summed E-state index contributed by atoms with van der Waals surface area (Å²) in [6.45, 7) is 13.9. The summed E-state index contributed by atoms with van der Waals surface area (Å²) in [6, 6.07) is 76.0. The maximum absolute atomic E-state index is 6.84. The van der Waals surface area contributed by atoms with Crippen LogP contribution in [0.3, 0.4) is 0 Å². The first-order valence-corrected chi connectivity index (χ1v) is 25.8. The van der Waals surface area contributed by atoms with Crippen LogP contribution >= 0.6 is 0 Å². The average Bonchev–Trinajstić information content (AvgIpc) is 3.74. The van der Waals surface area contributed by atoms with E-state index >= 15 is 0 Å². The predicted octanol–water partition coefficient (Wildman–Crippen LogP) is 12.2. The Labute approximate surface area is 395 Å². The maximum Gasteiger partial charge on any atom is 0.333 e. The lowest BCUT2D eigenvalue weighted by molar-refractivity contribution is 0.590. The second-order valence-corrected chi connectivity index (χ2v) is 24.6. The summed E-state index contributed by atoms with van der Waals surface area (Å²) in [5, 5.41) is 7.89. The Hall–Kier alpha value is -7.34. The summed E-state index contributed by atoms with van der Waals surface area (Å²) in [7, 11) is -2.90. The first-order valence-electron chi connectivity index (χ1n) is 23.8. The van der Waals surface area contributed by atoms with E-state index < -0.39 is 8.07 Å². The van der Waals surface area contributed by atoms with E-state index in [-0.39, 0.29) is 17.7 Å². The van der Waals surface area contributed by atoms with E-state index in [0.717, 1.165) is 27.6 Å². The molecule has 3 aliphatic heterocycles. The van der Waals surface area contributed by atoms with Crippen LogP contribution in [0.1, 0.15) is 52.7 Å². The summed E-state index contributed by atoms with van der Waals surface area (Å²) in [6.07, 6.45) is 0. The van der Waals surface area contributed by atoms with Gasteiger partial charge in [0.25, 0.3) is 0 Å². The molecule has 0 spiro atoms. The standard InChI is InChI=1S/C62H51BN2OSi/c1-61(2,3)41-33-35-50(47(37-41)40-21-10-7-11-22-40)64-52-39-42(62(4,5)6)38-48-45-28-20-32-56-59(45)65(63(58(48)52)49-34-36-54-57(60(49)64)46-27-16-18-30-53(46)66-54)51-29-17-19-31-55(51)67(56,43-23-12-8-13-24-43)44-25-14-9-15-26-44/h7-39H,1-6H3. The van der Waals surface area contributed by atoms with Crippen molar-refractivity contribution in [3.8, 4) is 22.3 Å². The molecule has 3 aliphatic rings. The van der Waals surface area contributed by atoms with Gasteiger partial charge in [-0.25, -0.2) is 0 Å². The summed E-state index contributed by atoms with van der Waals surface area (Å²) in [4.78, 5) is 5.39. The van der Waals surface area contributed by atoms with Crippen LogP contribution in [0, 0.1) is 0 Å². The minimum Gasteiger partial charge on any atom is -0.456 e. The van der Waals surface area contributed by atoms with Crippen LogP contribution in [-0.4, -0.2) is 14.9 Å². The Morgan fingerprint density at radius 2 is 1.07 bits per heavy atom. The van der Waals surface area contributed by atoms with Gasteiger partial charge in [-0.3, -0.25) is 0 Å². The molecule has 0 atom stereocenters. The third kappa shape index (κ3) is 5.64. The number of nitrogens with zero attached hydrogens (tertiary/aromatic N) is 2. The molecule has 322 valence electrons. The molecule has 0 aliphatic carbocycles. The largest absolute Gasteiger partial charge is 0.456 e. The van der Waals surface area contributed by atoms with Crippen LogP contribution in [0.5, 0.6) is 0 Å². The van der Waals surface area contributed by atoms with Gasteiger partial charge < -0.3 is 14.1 Å². The van der Waals surface area contributed by atoms with Gasteiger partial charge in [0.1, 0.15) is 11.2 Å². The van der Waals surface area contributed by atoms with Crippen molar-refractivity contribution < 1.29 is 4.42 Å². The zero-order valence-corrected chi connectivity index (χ0v) is 39.9. The molecule has 0 bridgehead atoms. The van der Waals surface area contributed by atoms with Gasteiger partial charge in [0.2, 0.25) is 0 Å². The lowest BCUT2D eigenvalue weighted by atomic mass is 9.43. The predicted molar refractivity (Wildman–Crippen MR) is 287 cm³/mol. The Morgan fingerprint density at radius 3 is 1.79 bits per heavy atom. The fourth-order valence-electron chi connectivity index (χ4n) is 11.9. The fourth-order valence-corrected chi connectivity index (χ4v) is 17.0. The van der Waals surface area contributed by atoms with Gasteiger partial charge in [0, 0.05) is 33.6 Å². The smallest absolute Gasteiger partial charge is 0.333 e. The van der Waals surface area contributed by atoms with Crippen LogP contribution in [0.4, 0.5) is 28.4 Å². The molecule has 67 heavy (non-hydrogen) atoms. The molecule has 0 fully saturated rings. The number of hydrogen-bond donors (Lipinski definition) is 0. The quantitative estimate of drug-likeness (QED) is 0.164. The SMILES string of the molecule is CC(C)(C)c1ccc(N2c3cc(C(C)(C)C)cc4c3B(c3ccc5oc6ccccc6c5c32)N2c3ccccc3[Si](c3ccccc3)(c3ccccc3)c3cccc-4c32)c(-c2ccccc2)c1. The number of anilines is 5. The molecule has 5 heteroatoms. The topological polar surface area (TPSA) is 19.6 Å². The third-order valence-electron chi connectivity index (χ3n) is 15.0. The van der Waals surface area contributed by atoms with Gasteiger partial charge >= 0.3 is 6.85 Å². The number of para-hydroxylation sites is 3. The number of hydrogen-bond acceptors (Lipinski definition) is 3. The van der Waals surface area contributed by atoms with Gasteiger partial charge in [-0.05, 0) is 101 Å². The zero-order valence-electron chi connectivity index (χ0n) is 38.9. The van der Waals surface area contributed by atoms with E-state index in [1.54, 1.807) is 0 Å². The van der Waals surface area contributed by atoms with Gasteiger partial charge in [-0.2, -0.15) is 0 Å². The molecule has 9 aromatic carbocycles. The van der Waals surface area contributed by atoms with Crippen molar-refractivity contribution in [1.29, 1.82) is 0 Å². The van der Waals surface area contributed by atoms with E-state index in [4.69, 9.17) is 4.42 Å². The van der Waals surface area contributed by atoms with Crippen LogP contribution in [-0.2, 0) is 10.8 Å². The van der Waals surface area contributed by atoms with Crippen molar-refractivity contribution >= 4 is 97.0 Å². The lowest BCUT2D eigenvalue weighted by Crippen LogP contribution is -2.79. The molecule has 0 saturated carbocycles. The zero-order chi connectivity index (χ0) is 45.4. The number of benzene rings is 9. The van der Waals surface area contributed by atoms with E-state index in [2.05, 4.69) is 251 Å². The summed E-state index contributed by atoms with van der Waals surface area (Å²) >= 11 is 0. The normalized spacial score (nSPS) is 14.4. The van der Waals surface area contributed by atoms with Crippen LogP contribution < -0.4 is 41.4 Å². The summed E-state index contributed by atoms with van der Waals surface area (Å²) in [5.74, 6) is 0. The molecule has 0 unspecified atom stereocenters. The third-order valence-corrected chi connectivity index (χ3v) is 19.8. The van der Waals surface area contributed by atoms with Crippen molar-refractivity contribution in [3.63, 3.8) is 0 Å². The molecule has 0 amide bonds. The van der Waals surface area contributed by atoms with E-state index in [1.807, 2.05) is 0 Å². The van der Waals surface area contributed by atoms with Crippen molar-refractivity contribution in [1.82, 2.24) is 0 Å². The molecule has 3 nitrogen and oxygen atoms in total. The molecular formula is C62H51BN2OSi. The first kappa shape index (κ1) is 40.0. The number of fused-ring (bicyclic) bond motifs is 10. The maximum atomic E-state index is 6.84. The Morgan fingerprint density at radius 1 is 0.448 bits per heavy atom. The van der Waals surface area contributed by atoms with Crippen molar-refractivity contribution in [2.75, 3.05) is 9.71 Å². The van der Waals surface area contributed by atoms with Crippen LogP contribution in [0.2, 0.25) is 0 Å². The summed E-state index contributed by atoms with van der Waals surface area (Å²) < 4.78 is 6.84. The van der Waals surface area contributed by atoms with Gasteiger partial charge in [0.05, 0.1) is 16.8 Å². The minimum absolute atomic E-state index is 0.0482. The first-order chi connectivity index (χ1) is 32.5. The van der Waals surface area contributed by atoms with Crippen LogP contribution in [0.15, 0.2) is 205 Å². The lowest BCUT2D eigenvalue weighted by Gasteiger charge is -2.52. The van der Waals surface area contributed by atoms with E-state index in [9.17, 15) is 0 Å². The molecular weight excluding hydrogens is 828 g/mol. The fraction of sp³-hybridized carbons (Fsp3) is 0.129.